The Kier molecular flexibility index (Phi) is 1.81. The van der Waals surface area contributed by atoms with Crippen LogP contribution in [-0.2, 0) is 4.74 Å². The average molecular weight is 137 g/mol. The van der Waals surface area contributed by atoms with Crippen LogP contribution in [0.1, 0.15) is 6.42 Å². The minimum absolute atomic E-state index is 0.0255. The molecule has 0 bridgehead atoms. The maximum absolute atomic E-state index is 5.41. The van der Waals surface area contributed by atoms with Crippen LogP contribution in [0.4, 0.5) is 0 Å². The normalized spacial score (nSPS) is 22.2. The van der Waals surface area contributed by atoms with Gasteiger partial charge in [0.1, 0.15) is 6.10 Å². The van der Waals surface area contributed by atoms with Gasteiger partial charge in [-0.25, -0.2) is 0 Å². The quantitative estimate of drug-likeness (QED) is 0.582. The van der Waals surface area contributed by atoms with Crippen LogP contribution < -0.4 is 5.73 Å². The van der Waals surface area contributed by atoms with Gasteiger partial charge in [-0.3, -0.25) is 0 Å². The summed E-state index contributed by atoms with van der Waals surface area (Å²) in [5, 5.41) is 0. The van der Waals surface area contributed by atoms with Crippen molar-refractivity contribution in [3.05, 3.63) is 36.8 Å². The number of ether oxygens (including phenoxy) is 1. The maximum atomic E-state index is 5.41. The Morgan fingerprint density at radius 2 is 2.30 bits per heavy atom. The molecule has 0 aromatic rings. The molecular weight excluding hydrogens is 126 g/mol. The zero-order chi connectivity index (χ0) is 7.56. The van der Waals surface area contributed by atoms with Gasteiger partial charge in [-0.2, -0.15) is 0 Å². The summed E-state index contributed by atoms with van der Waals surface area (Å²) in [6.45, 7) is 7.32. The summed E-state index contributed by atoms with van der Waals surface area (Å²) in [5.74, 6) is 0. The van der Waals surface area contributed by atoms with Gasteiger partial charge in [-0.15, -0.1) is 0 Å². The Morgan fingerprint density at radius 3 is 2.70 bits per heavy atom. The van der Waals surface area contributed by atoms with Crippen LogP contribution in [0.3, 0.4) is 0 Å². The lowest BCUT2D eigenvalue weighted by Crippen LogP contribution is -2.13. The smallest absolute Gasteiger partial charge is 0.128 e. The molecule has 0 amide bonds. The number of rotatable bonds is 2. The van der Waals surface area contributed by atoms with E-state index in [-0.39, 0.29) is 6.10 Å². The topological polar surface area (TPSA) is 35.2 Å². The lowest BCUT2D eigenvalue weighted by Gasteiger charge is -2.12. The fraction of sp³-hybridized carbons (Fsp3) is 0.250. The van der Waals surface area contributed by atoms with Gasteiger partial charge in [0, 0.05) is 17.7 Å². The largest absolute Gasteiger partial charge is 0.493 e. The van der Waals surface area contributed by atoms with Crippen molar-refractivity contribution in [3.8, 4) is 0 Å². The highest BCUT2D eigenvalue weighted by atomic mass is 16.5. The average Bonchev–Trinajstić information content (AvgIpc) is 2.36. The van der Waals surface area contributed by atoms with Crippen molar-refractivity contribution in [2.45, 2.75) is 12.5 Å². The van der Waals surface area contributed by atoms with Gasteiger partial charge >= 0.3 is 0 Å². The monoisotopic (exact) mass is 137 g/mol. The van der Waals surface area contributed by atoms with Gasteiger partial charge in [0.05, 0.1) is 6.26 Å². The van der Waals surface area contributed by atoms with Gasteiger partial charge in [-0.1, -0.05) is 13.2 Å². The second-order valence-corrected chi connectivity index (χ2v) is 2.28. The number of nitrogens with two attached hydrogens (primary N) is 1. The summed E-state index contributed by atoms with van der Waals surface area (Å²) in [7, 11) is 0. The Morgan fingerprint density at radius 1 is 1.60 bits per heavy atom. The molecule has 0 aromatic carbocycles. The lowest BCUT2D eigenvalue weighted by atomic mass is 10.1. The molecule has 0 saturated carbocycles. The lowest BCUT2D eigenvalue weighted by molar-refractivity contribution is 0.205. The van der Waals surface area contributed by atoms with Gasteiger partial charge in [0.25, 0.3) is 0 Å². The molecule has 2 heteroatoms. The second-order valence-electron chi connectivity index (χ2n) is 2.28. The van der Waals surface area contributed by atoms with Crippen molar-refractivity contribution in [2.75, 3.05) is 0 Å². The summed E-state index contributed by atoms with van der Waals surface area (Å²) >= 11 is 0. The molecule has 0 spiro atoms. The molecule has 2 N–H and O–H groups in total. The van der Waals surface area contributed by atoms with Crippen LogP contribution in [0.25, 0.3) is 0 Å². The maximum Gasteiger partial charge on any atom is 0.128 e. The highest BCUT2D eigenvalue weighted by Gasteiger charge is 2.15. The summed E-state index contributed by atoms with van der Waals surface area (Å²) in [4.78, 5) is 0. The Bertz CT molecular complexity index is 185. The van der Waals surface area contributed by atoms with Gasteiger partial charge < -0.3 is 10.5 Å². The van der Waals surface area contributed by atoms with Crippen molar-refractivity contribution in [1.82, 2.24) is 0 Å². The zero-order valence-electron chi connectivity index (χ0n) is 5.84. The molecule has 1 aliphatic heterocycles. The first-order valence-corrected chi connectivity index (χ1v) is 3.16. The molecule has 1 unspecified atom stereocenters. The van der Waals surface area contributed by atoms with Gasteiger partial charge in [0.2, 0.25) is 0 Å². The predicted octanol–water partition coefficient (Wildman–Crippen LogP) is 1.32. The summed E-state index contributed by atoms with van der Waals surface area (Å²) in [6.07, 6.45) is 4.49. The van der Waals surface area contributed by atoms with E-state index in [1.165, 1.54) is 0 Å². The fourth-order valence-electron chi connectivity index (χ4n) is 0.816. The van der Waals surface area contributed by atoms with Crippen molar-refractivity contribution < 1.29 is 4.74 Å². The first-order chi connectivity index (χ1) is 4.72. The van der Waals surface area contributed by atoms with E-state index in [1.54, 1.807) is 6.26 Å². The first-order valence-electron chi connectivity index (χ1n) is 3.16. The molecule has 0 saturated heterocycles. The molecule has 1 rings (SSSR count). The van der Waals surface area contributed by atoms with Crippen molar-refractivity contribution in [2.24, 2.45) is 5.73 Å². The third kappa shape index (κ3) is 1.21. The highest BCUT2D eigenvalue weighted by Crippen LogP contribution is 2.18. The Balaban J connectivity index is 2.50. The molecule has 10 heavy (non-hydrogen) atoms. The van der Waals surface area contributed by atoms with E-state index in [0.29, 0.717) is 5.70 Å². The minimum Gasteiger partial charge on any atom is -0.493 e. The number of hydrogen-bond acceptors (Lipinski definition) is 2. The van der Waals surface area contributed by atoms with Crippen molar-refractivity contribution >= 4 is 0 Å². The van der Waals surface area contributed by atoms with Crippen LogP contribution >= 0.6 is 0 Å². The van der Waals surface area contributed by atoms with E-state index >= 15 is 0 Å². The Hall–Kier alpha value is -1.18. The molecule has 1 aliphatic rings. The predicted molar refractivity (Wildman–Crippen MR) is 41.1 cm³/mol. The van der Waals surface area contributed by atoms with E-state index < -0.39 is 0 Å². The van der Waals surface area contributed by atoms with Crippen LogP contribution in [0.15, 0.2) is 36.8 Å². The van der Waals surface area contributed by atoms with Crippen molar-refractivity contribution in [3.63, 3.8) is 0 Å². The minimum atomic E-state index is 0.0255. The standard InChI is InChI=1S/C8H11NO/c1-6(7(2)9)8-4-3-5-10-8/h3,5,8H,1-2,4,9H2. The third-order valence-corrected chi connectivity index (χ3v) is 1.49. The summed E-state index contributed by atoms with van der Waals surface area (Å²) in [5.41, 5.74) is 6.70. The van der Waals surface area contributed by atoms with E-state index in [2.05, 4.69) is 13.2 Å². The molecule has 0 fully saturated rings. The molecule has 2 nitrogen and oxygen atoms in total. The molecular formula is C8H11NO. The Labute approximate surface area is 60.7 Å². The zero-order valence-corrected chi connectivity index (χ0v) is 5.84. The van der Waals surface area contributed by atoms with Crippen LogP contribution in [0.5, 0.6) is 0 Å². The second kappa shape index (κ2) is 2.60. The SMILES string of the molecule is C=C(N)C(=C)C1CC=CO1. The first kappa shape index (κ1) is 6.93. The molecule has 0 aromatic heterocycles. The molecule has 0 aliphatic carbocycles. The van der Waals surface area contributed by atoms with Crippen molar-refractivity contribution in [1.29, 1.82) is 0 Å². The summed E-state index contributed by atoms with van der Waals surface area (Å²) in [6, 6.07) is 0. The molecule has 0 radical (unpaired) electrons. The van der Waals surface area contributed by atoms with E-state index in [9.17, 15) is 0 Å². The molecule has 1 atom stereocenters. The van der Waals surface area contributed by atoms with Crippen LogP contribution in [-0.4, -0.2) is 6.10 Å². The highest BCUT2D eigenvalue weighted by molar-refractivity contribution is 5.27. The molecule has 1 heterocycles. The van der Waals surface area contributed by atoms with E-state index in [0.717, 1.165) is 12.0 Å². The molecule has 54 valence electrons. The van der Waals surface area contributed by atoms with E-state index in [4.69, 9.17) is 10.5 Å². The summed E-state index contributed by atoms with van der Waals surface area (Å²) < 4.78 is 5.16. The van der Waals surface area contributed by atoms with Crippen LogP contribution in [0.2, 0.25) is 0 Å². The third-order valence-electron chi connectivity index (χ3n) is 1.49. The van der Waals surface area contributed by atoms with Gasteiger partial charge in [-0.05, 0) is 6.08 Å². The number of hydrogen-bond donors (Lipinski definition) is 1. The van der Waals surface area contributed by atoms with Gasteiger partial charge in [0.15, 0.2) is 0 Å². The van der Waals surface area contributed by atoms with E-state index in [1.807, 2.05) is 6.08 Å². The van der Waals surface area contributed by atoms with Crippen LogP contribution in [0, 0.1) is 0 Å². The fourth-order valence-corrected chi connectivity index (χ4v) is 0.816.